The van der Waals surface area contributed by atoms with E-state index in [-0.39, 0.29) is 18.1 Å². The number of fused-ring (bicyclic) bond motifs is 1. The molecule has 3 unspecified atom stereocenters. The maximum Gasteiger partial charge on any atom is 0.332 e. The van der Waals surface area contributed by atoms with Gasteiger partial charge in [-0.1, -0.05) is 36.9 Å². The van der Waals surface area contributed by atoms with Crippen LogP contribution in [-0.4, -0.2) is 57.2 Å². The zero-order valence-corrected chi connectivity index (χ0v) is 14.5. The Bertz CT molecular complexity index is 764. The minimum Gasteiger partial charge on any atom is -0.467 e. The van der Waals surface area contributed by atoms with Crippen LogP contribution in [0.5, 0.6) is 0 Å². The van der Waals surface area contributed by atoms with Gasteiger partial charge in [-0.25, -0.2) is 4.79 Å². The smallest absolute Gasteiger partial charge is 0.332 e. The van der Waals surface area contributed by atoms with E-state index in [9.17, 15) is 18.6 Å². The third-order valence-corrected chi connectivity index (χ3v) is 5.98. The first-order valence-corrected chi connectivity index (χ1v) is 9.10. The molecule has 4 atom stereocenters. The van der Waals surface area contributed by atoms with E-state index in [0.717, 1.165) is 5.56 Å². The number of amides is 2. The first-order chi connectivity index (χ1) is 11.9. The number of ether oxygens (including phenoxy) is 1. The van der Waals surface area contributed by atoms with E-state index in [1.54, 1.807) is 0 Å². The van der Waals surface area contributed by atoms with E-state index in [0.29, 0.717) is 5.57 Å². The molecule has 2 saturated heterocycles. The number of hydrogen-bond acceptors (Lipinski definition) is 5. The summed E-state index contributed by atoms with van der Waals surface area (Å²) in [5, 5.41) is 1.90. The second-order valence-corrected chi connectivity index (χ2v) is 7.49. The minimum atomic E-state index is -1.43. The fourth-order valence-electron chi connectivity index (χ4n) is 3.11. The number of methoxy groups -OCH3 is 1. The van der Waals surface area contributed by atoms with Crippen molar-refractivity contribution in [2.45, 2.75) is 23.9 Å². The quantitative estimate of drug-likeness (QED) is 0.453. The lowest BCUT2D eigenvalue weighted by atomic mass is 9.98. The number of benzene rings is 1. The average molecular weight is 362 g/mol. The predicted octanol–water partition coefficient (Wildman–Crippen LogP) is -0.258. The predicted molar refractivity (Wildman–Crippen MR) is 90.7 cm³/mol. The van der Waals surface area contributed by atoms with E-state index in [1.807, 2.05) is 30.3 Å². The van der Waals surface area contributed by atoms with Crippen molar-refractivity contribution in [3.63, 3.8) is 0 Å². The summed E-state index contributed by atoms with van der Waals surface area (Å²) in [5.74, 6) is -1.30. The highest BCUT2D eigenvalue weighted by Crippen LogP contribution is 2.34. The Morgan fingerprint density at radius 1 is 1.36 bits per heavy atom. The Morgan fingerprint density at radius 2 is 2.04 bits per heavy atom. The van der Waals surface area contributed by atoms with Gasteiger partial charge in [-0.15, -0.1) is 0 Å². The van der Waals surface area contributed by atoms with Gasteiger partial charge < -0.3 is 15.0 Å². The van der Waals surface area contributed by atoms with Crippen LogP contribution < -0.4 is 5.32 Å². The van der Waals surface area contributed by atoms with Gasteiger partial charge in [0.1, 0.15) is 11.4 Å². The molecule has 7 nitrogen and oxygen atoms in total. The molecule has 2 amide bonds. The van der Waals surface area contributed by atoms with Gasteiger partial charge in [0.2, 0.25) is 11.8 Å². The molecule has 8 heteroatoms. The van der Waals surface area contributed by atoms with Gasteiger partial charge in [0, 0.05) is 5.75 Å². The molecule has 0 radical (unpaired) electrons. The van der Waals surface area contributed by atoms with E-state index >= 15 is 0 Å². The largest absolute Gasteiger partial charge is 0.467 e. The number of nitrogens with one attached hydrogen (secondary N) is 1. The maximum absolute atomic E-state index is 12.4. The molecule has 0 saturated carbocycles. The Kier molecular flexibility index (Phi) is 4.71. The van der Waals surface area contributed by atoms with Crippen LogP contribution >= 0.6 is 0 Å². The van der Waals surface area contributed by atoms with Crippen molar-refractivity contribution in [2.75, 3.05) is 12.9 Å². The normalized spacial score (nSPS) is 28.0. The van der Waals surface area contributed by atoms with Gasteiger partial charge in [0.25, 0.3) is 0 Å². The van der Waals surface area contributed by atoms with E-state index in [4.69, 9.17) is 4.74 Å². The lowest BCUT2D eigenvalue weighted by Gasteiger charge is -2.52. The molecule has 0 spiro atoms. The van der Waals surface area contributed by atoms with Crippen molar-refractivity contribution >= 4 is 28.6 Å². The molecule has 2 aliphatic rings. The second-order valence-electron chi connectivity index (χ2n) is 5.95. The molecule has 1 aromatic carbocycles. The van der Waals surface area contributed by atoms with Crippen LogP contribution in [0.1, 0.15) is 5.56 Å². The summed E-state index contributed by atoms with van der Waals surface area (Å²) < 4.78 is 17.1. The van der Waals surface area contributed by atoms with Gasteiger partial charge in [-0.2, -0.15) is 0 Å². The van der Waals surface area contributed by atoms with Crippen molar-refractivity contribution in [3.8, 4) is 0 Å². The number of esters is 1. The summed E-state index contributed by atoms with van der Waals surface area (Å²) in [6.07, 6.45) is 0.122. The Labute approximate surface area is 147 Å². The third-order valence-electron chi connectivity index (χ3n) is 4.29. The summed E-state index contributed by atoms with van der Waals surface area (Å²) in [6.45, 7) is 3.73. The summed E-state index contributed by atoms with van der Waals surface area (Å²) in [4.78, 5) is 37.8. The molecular formula is C17H18N2O5S. The molecule has 2 fully saturated rings. The van der Waals surface area contributed by atoms with Crippen LogP contribution in [0.25, 0.3) is 0 Å². The molecule has 0 aromatic heterocycles. The summed E-state index contributed by atoms with van der Waals surface area (Å²) in [7, 11) is -0.206. The molecule has 1 N–H and O–H groups in total. The Balaban J connectivity index is 1.72. The second kappa shape index (κ2) is 6.79. The lowest BCUT2D eigenvalue weighted by Crippen LogP contribution is -2.77. The number of hydrogen-bond donors (Lipinski definition) is 1. The molecule has 2 heterocycles. The average Bonchev–Trinajstić information content (AvgIpc) is 2.59. The van der Waals surface area contributed by atoms with Crippen molar-refractivity contribution in [1.82, 2.24) is 10.2 Å². The van der Waals surface area contributed by atoms with Gasteiger partial charge in [0.15, 0.2) is 6.04 Å². The molecule has 2 aliphatic heterocycles. The summed E-state index contributed by atoms with van der Waals surface area (Å²) >= 11 is 0. The molecule has 3 rings (SSSR count). The van der Waals surface area contributed by atoms with E-state index in [1.165, 1.54) is 12.0 Å². The lowest BCUT2D eigenvalue weighted by molar-refractivity contribution is -0.162. The summed E-state index contributed by atoms with van der Waals surface area (Å²) in [6, 6.07) is 7.28. The zero-order chi connectivity index (χ0) is 18.1. The fourth-order valence-corrected chi connectivity index (χ4v) is 4.77. The van der Waals surface area contributed by atoms with Crippen LogP contribution in [0.3, 0.4) is 0 Å². The minimum absolute atomic E-state index is 0.0965. The highest BCUT2D eigenvalue weighted by molar-refractivity contribution is 7.86. The standard InChI is InChI=1S/C17H18N2O5S/c1-10-9-25(23)16-13(15(21)19(16)14(10)17(22)24-2)18-12(20)8-11-6-4-3-5-7-11/h3-7,13-14,16H,1,8-9H2,2H3,(H,18,20)/t13?,14?,16-,25?/m0/s1. The highest BCUT2D eigenvalue weighted by Gasteiger charge is 2.59. The van der Waals surface area contributed by atoms with Crippen molar-refractivity contribution in [3.05, 3.63) is 48.0 Å². The molecule has 1 aromatic rings. The number of carbonyl (C=O) groups excluding carboxylic acids is 3. The molecule has 25 heavy (non-hydrogen) atoms. The summed E-state index contributed by atoms with van der Waals surface area (Å²) in [5.41, 5.74) is 1.19. The van der Waals surface area contributed by atoms with Crippen molar-refractivity contribution < 1.29 is 23.3 Å². The number of carbonyl (C=O) groups is 3. The molecule has 0 bridgehead atoms. The Hall–Kier alpha value is -2.48. The van der Waals surface area contributed by atoms with Gasteiger partial charge >= 0.3 is 5.97 Å². The molecule has 0 aliphatic carbocycles. The third kappa shape index (κ3) is 3.09. The van der Waals surface area contributed by atoms with Crippen LogP contribution in [0, 0.1) is 0 Å². The van der Waals surface area contributed by atoms with Crippen LogP contribution in [0.4, 0.5) is 0 Å². The van der Waals surface area contributed by atoms with Crippen molar-refractivity contribution in [1.29, 1.82) is 0 Å². The van der Waals surface area contributed by atoms with E-state index in [2.05, 4.69) is 11.9 Å². The topological polar surface area (TPSA) is 92.8 Å². The SMILES string of the molecule is C=C1CS(=O)[C@H]2C(NC(=O)Cc3ccccc3)C(=O)N2C1C(=O)OC. The number of β-lactam (4-membered cyclic amide) rings is 1. The highest BCUT2D eigenvalue weighted by atomic mass is 32.2. The number of rotatable bonds is 4. The first kappa shape index (κ1) is 17.3. The van der Waals surface area contributed by atoms with E-state index < -0.39 is 40.1 Å². The van der Waals surface area contributed by atoms with Crippen LogP contribution in [0.15, 0.2) is 42.5 Å². The molecular weight excluding hydrogens is 344 g/mol. The van der Waals surface area contributed by atoms with Crippen LogP contribution in [-0.2, 0) is 36.3 Å². The van der Waals surface area contributed by atoms with Crippen molar-refractivity contribution in [2.24, 2.45) is 0 Å². The molecule has 132 valence electrons. The van der Waals surface area contributed by atoms with Gasteiger partial charge in [-0.3, -0.25) is 13.8 Å². The van der Waals surface area contributed by atoms with Gasteiger partial charge in [-0.05, 0) is 11.1 Å². The fraction of sp³-hybridized carbons (Fsp3) is 0.353. The van der Waals surface area contributed by atoms with Gasteiger partial charge in [0.05, 0.1) is 24.3 Å². The monoisotopic (exact) mass is 362 g/mol. The zero-order valence-electron chi connectivity index (χ0n) is 13.6. The first-order valence-electron chi connectivity index (χ1n) is 7.72. The number of nitrogens with zero attached hydrogens (tertiary/aromatic N) is 1. The Morgan fingerprint density at radius 3 is 2.68 bits per heavy atom. The van der Waals surface area contributed by atoms with Crippen LogP contribution in [0.2, 0.25) is 0 Å². The maximum atomic E-state index is 12.4.